The summed E-state index contributed by atoms with van der Waals surface area (Å²) in [6.07, 6.45) is 3.77. The Balaban J connectivity index is 1.81. The van der Waals surface area contributed by atoms with E-state index in [0.29, 0.717) is 5.56 Å². The molecule has 6 N–H and O–H groups in total. The van der Waals surface area contributed by atoms with E-state index in [4.69, 9.17) is 16.2 Å². The number of nitrogens with one attached hydrogen (secondary N) is 1. The van der Waals surface area contributed by atoms with Crippen LogP contribution in [0.1, 0.15) is 62.3 Å². The number of hydrogen-bond acceptors (Lipinski definition) is 9. The summed E-state index contributed by atoms with van der Waals surface area (Å²) in [6, 6.07) is 7.18. The van der Waals surface area contributed by atoms with E-state index in [9.17, 15) is 19.5 Å². The van der Waals surface area contributed by atoms with E-state index in [1.807, 2.05) is 17.5 Å². The van der Waals surface area contributed by atoms with Gasteiger partial charge in [0.05, 0.1) is 19.3 Å². The third kappa shape index (κ3) is 5.29. The number of anilines is 1. The van der Waals surface area contributed by atoms with Crippen molar-refractivity contribution < 1.29 is 24.2 Å². The van der Waals surface area contributed by atoms with Crippen molar-refractivity contribution in [1.82, 2.24) is 14.6 Å². The summed E-state index contributed by atoms with van der Waals surface area (Å²) < 4.78 is 9.22. The van der Waals surface area contributed by atoms with E-state index in [1.165, 1.54) is 35.5 Å². The van der Waals surface area contributed by atoms with Crippen LogP contribution in [0.3, 0.4) is 0 Å². The van der Waals surface area contributed by atoms with Gasteiger partial charge in [0.1, 0.15) is 10.9 Å². The van der Waals surface area contributed by atoms with Crippen LogP contribution in [-0.4, -0.2) is 45.3 Å². The zero-order valence-electron chi connectivity index (χ0n) is 19.6. The molecule has 1 aromatic carbocycles. The fourth-order valence-electron chi connectivity index (χ4n) is 4.30. The number of thiophene rings is 1. The monoisotopic (exact) mass is 529 g/mol. The molecule has 0 saturated heterocycles. The molecule has 1 saturated carbocycles. The van der Waals surface area contributed by atoms with E-state index in [-0.39, 0.29) is 46.3 Å². The lowest BCUT2D eigenvalue weighted by atomic mass is 10.0. The summed E-state index contributed by atoms with van der Waals surface area (Å²) in [6.45, 7) is 0.103. The molecule has 3 aromatic rings. The molecule has 0 radical (unpaired) electrons. The molecule has 36 heavy (non-hydrogen) atoms. The predicted molar refractivity (Wildman–Crippen MR) is 137 cm³/mol. The Morgan fingerprint density at radius 2 is 2.03 bits per heavy atom. The van der Waals surface area contributed by atoms with E-state index in [0.717, 1.165) is 42.1 Å². The number of benzene rings is 1. The van der Waals surface area contributed by atoms with E-state index in [1.54, 1.807) is 6.07 Å². The number of methoxy groups -OCH3 is 1. The Kier molecular flexibility index (Phi) is 7.75. The standard InChI is InChI=1S/C24H27N5O5S2/c1-34-17-11-13(8-9-16(17)30)20(23(32)27-14-5-2-3-6-14)29(12-15-7-4-10-35-15)24(33)21-18(25)19(22(26)31)28-36-21/h4,7-11,14,20,30H,2-3,5-6,12,25H2,1H3,(H2,26,31)(H,27,32)/t20-/m0/s1. The molecule has 190 valence electrons. The maximum atomic E-state index is 13.9. The largest absolute Gasteiger partial charge is 0.504 e. The Labute approximate surface area is 216 Å². The number of amides is 3. The Morgan fingerprint density at radius 1 is 1.28 bits per heavy atom. The first kappa shape index (κ1) is 25.5. The Morgan fingerprint density at radius 3 is 2.64 bits per heavy atom. The normalized spacial score (nSPS) is 14.4. The molecular formula is C24H27N5O5S2. The fraction of sp³-hybridized carbons (Fsp3) is 0.333. The van der Waals surface area contributed by atoms with Crippen molar-refractivity contribution in [1.29, 1.82) is 0 Å². The lowest BCUT2D eigenvalue weighted by Gasteiger charge is -2.32. The number of carbonyl (C=O) groups excluding carboxylic acids is 3. The van der Waals surface area contributed by atoms with Crippen LogP contribution in [0.2, 0.25) is 0 Å². The second kappa shape index (κ2) is 11.0. The van der Waals surface area contributed by atoms with Crippen LogP contribution in [0.5, 0.6) is 11.5 Å². The summed E-state index contributed by atoms with van der Waals surface area (Å²) in [5.41, 5.74) is 11.6. The molecule has 0 aliphatic heterocycles. The molecule has 0 unspecified atom stereocenters. The smallest absolute Gasteiger partial charge is 0.270 e. The highest BCUT2D eigenvalue weighted by Crippen LogP contribution is 2.35. The molecule has 1 fully saturated rings. The summed E-state index contributed by atoms with van der Waals surface area (Å²) in [5.74, 6) is -1.69. The van der Waals surface area contributed by atoms with Crippen molar-refractivity contribution in [3.63, 3.8) is 0 Å². The number of nitrogens with zero attached hydrogens (tertiary/aromatic N) is 2. The number of nitrogens with two attached hydrogens (primary N) is 2. The highest BCUT2D eigenvalue weighted by Gasteiger charge is 2.36. The van der Waals surface area contributed by atoms with Gasteiger partial charge in [0.25, 0.3) is 11.8 Å². The maximum absolute atomic E-state index is 13.9. The number of aromatic hydroxyl groups is 1. The van der Waals surface area contributed by atoms with Crippen LogP contribution in [0.4, 0.5) is 5.69 Å². The van der Waals surface area contributed by atoms with Gasteiger partial charge in [-0.1, -0.05) is 25.0 Å². The zero-order valence-corrected chi connectivity index (χ0v) is 21.2. The SMILES string of the molecule is COc1cc([C@@H](C(=O)NC2CCCC2)N(Cc2cccs2)C(=O)c2snc(C(N)=O)c2N)ccc1O. The minimum absolute atomic E-state index is 0.00707. The first-order valence-corrected chi connectivity index (χ1v) is 13.0. The van der Waals surface area contributed by atoms with Gasteiger partial charge < -0.3 is 31.5 Å². The summed E-state index contributed by atoms with van der Waals surface area (Å²) >= 11 is 2.20. The second-order valence-corrected chi connectivity index (χ2v) is 10.3. The molecule has 1 atom stereocenters. The second-order valence-electron chi connectivity index (χ2n) is 8.47. The van der Waals surface area contributed by atoms with Crippen LogP contribution >= 0.6 is 22.9 Å². The van der Waals surface area contributed by atoms with Gasteiger partial charge in [-0.3, -0.25) is 14.4 Å². The number of nitrogen functional groups attached to an aromatic ring is 1. The molecule has 2 aromatic heterocycles. The number of carbonyl (C=O) groups is 3. The van der Waals surface area contributed by atoms with Crippen LogP contribution in [-0.2, 0) is 11.3 Å². The van der Waals surface area contributed by atoms with Crippen molar-refractivity contribution in [3.05, 3.63) is 56.7 Å². The van der Waals surface area contributed by atoms with Gasteiger partial charge in [0.2, 0.25) is 5.91 Å². The van der Waals surface area contributed by atoms with Crippen molar-refractivity contribution in [3.8, 4) is 11.5 Å². The van der Waals surface area contributed by atoms with Gasteiger partial charge in [-0.25, -0.2) is 0 Å². The van der Waals surface area contributed by atoms with Crippen molar-refractivity contribution in [2.45, 2.75) is 44.3 Å². The van der Waals surface area contributed by atoms with Gasteiger partial charge in [0, 0.05) is 10.9 Å². The predicted octanol–water partition coefficient (Wildman–Crippen LogP) is 3.04. The van der Waals surface area contributed by atoms with Crippen molar-refractivity contribution in [2.24, 2.45) is 5.73 Å². The Hall–Kier alpha value is -3.64. The first-order valence-electron chi connectivity index (χ1n) is 11.4. The molecule has 10 nitrogen and oxygen atoms in total. The molecule has 1 aliphatic carbocycles. The first-order chi connectivity index (χ1) is 17.3. The number of phenols is 1. The molecule has 0 spiro atoms. The fourth-order valence-corrected chi connectivity index (χ4v) is 5.76. The van der Waals surface area contributed by atoms with E-state index < -0.39 is 17.9 Å². The summed E-state index contributed by atoms with van der Waals surface area (Å²) in [4.78, 5) is 41.6. The van der Waals surface area contributed by atoms with Crippen LogP contribution in [0.25, 0.3) is 0 Å². The lowest BCUT2D eigenvalue weighted by Crippen LogP contribution is -2.45. The third-order valence-corrected chi connectivity index (χ3v) is 7.82. The number of hydrogen-bond donors (Lipinski definition) is 4. The van der Waals surface area contributed by atoms with Gasteiger partial charge in [-0.15, -0.1) is 11.3 Å². The highest BCUT2D eigenvalue weighted by atomic mass is 32.1. The van der Waals surface area contributed by atoms with Gasteiger partial charge in [-0.2, -0.15) is 4.37 Å². The van der Waals surface area contributed by atoms with E-state index in [2.05, 4.69) is 9.69 Å². The topological polar surface area (TPSA) is 161 Å². The van der Waals surface area contributed by atoms with Crippen molar-refractivity contribution in [2.75, 3.05) is 12.8 Å². The van der Waals surface area contributed by atoms with Crippen molar-refractivity contribution >= 4 is 46.3 Å². The minimum Gasteiger partial charge on any atom is -0.504 e. The Bertz CT molecular complexity index is 1250. The molecule has 2 heterocycles. The minimum atomic E-state index is -1.08. The average molecular weight is 530 g/mol. The molecule has 0 bridgehead atoms. The lowest BCUT2D eigenvalue weighted by molar-refractivity contribution is -0.126. The molecule has 4 rings (SSSR count). The number of phenolic OH excluding ortho intramolecular Hbond substituents is 1. The van der Waals surface area contributed by atoms with Crippen LogP contribution < -0.4 is 21.5 Å². The van der Waals surface area contributed by atoms with Gasteiger partial charge >= 0.3 is 0 Å². The molecule has 12 heteroatoms. The maximum Gasteiger partial charge on any atom is 0.270 e. The quantitative estimate of drug-likeness (QED) is 0.331. The van der Waals surface area contributed by atoms with Gasteiger partial charge in [0.15, 0.2) is 17.2 Å². The summed E-state index contributed by atoms with van der Waals surface area (Å²) in [7, 11) is 1.41. The zero-order chi connectivity index (χ0) is 25.8. The molecular weight excluding hydrogens is 502 g/mol. The third-order valence-electron chi connectivity index (χ3n) is 6.10. The molecule has 1 aliphatic rings. The highest BCUT2D eigenvalue weighted by molar-refractivity contribution is 7.10. The number of ether oxygens (including phenoxy) is 1. The summed E-state index contributed by atoms with van der Waals surface area (Å²) in [5, 5.41) is 15.1. The molecule has 3 amide bonds. The number of primary amides is 1. The number of rotatable bonds is 9. The van der Waals surface area contributed by atoms with Gasteiger partial charge in [-0.05, 0) is 53.5 Å². The van der Waals surface area contributed by atoms with E-state index >= 15 is 0 Å². The van der Waals surface area contributed by atoms with Crippen LogP contribution in [0, 0.1) is 0 Å². The average Bonchev–Trinajstić information content (AvgIpc) is 3.62. The number of aromatic nitrogens is 1. The van der Waals surface area contributed by atoms with Crippen LogP contribution in [0.15, 0.2) is 35.7 Å².